The fourth-order valence-electron chi connectivity index (χ4n) is 3.99. The van der Waals surface area contributed by atoms with E-state index in [1.165, 1.54) is 32.9 Å². The Balaban J connectivity index is 2.18. The molecule has 0 bridgehead atoms. The molecule has 2 aromatic carbocycles. The molecule has 0 spiro atoms. The Morgan fingerprint density at radius 3 is 2.04 bits per heavy atom. The van der Waals surface area contributed by atoms with Gasteiger partial charge in [0.15, 0.2) is 0 Å². The van der Waals surface area contributed by atoms with Gasteiger partial charge in [-0.3, -0.25) is 0 Å². The van der Waals surface area contributed by atoms with Gasteiger partial charge in [-0.1, -0.05) is 55.0 Å². The molecule has 2 unspecified atom stereocenters. The number of para-hydroxylation sites is 2. The highest BCUT2D eigenvalue weighted by molar-refractivity contribution is 5.95. The quantitative estimate of drug-likeness (QED) is 0.535. The second-order valence-electron chi connectivity index (χ2n) is 7.02. The van der Waals surface area contributed by atoms with Crippen molar-refractivity contribution in [1.29, 1.82) is 0 Å². The number of nitrogens with zero attached hydrogens (tertiary/aromatic N) is 1. The van der Waals surface area contributed by atoms with Crippen LogP contribution in [-0.4, -0.2) is 6.04 Å². The van der Waals surface area contributed by atoms with Gasteiger partial charge >= 0.3 is 0 Å². The van der Waals surface area contributed by atoms with E-state index >= 15 is 0 Å². The zero-order chi connectivity index (χ0) is 16.9. The predicted octanol–water partition coefficient (Wildman–Crippen LogP) is 3.92. The second-order valence-corrected chi connectivity index (χ2v) is 7.02. The number of rotatable bonds is 1. The lowest BCUT2D eigenvalue weighted by molar-refractivity contribution is -0.617. The van der Waals surface area contributed by atoms with Gasteiger partial charge in [0.1, 0.15) is 7.05 Å². The maximum atomic E-state index is 6.62. The number of pyridine rings is 1. The van der Waals surface area contributed by atoms with E-state index in [4.69, 9.17) is 5.73 Å². The second kappa shape index (κ2) is 5.29. The standard InChI is InChI=1S/C22H23N2/c1-15-12-13-22(2,20(23)14-15)21-16-8-4-6-10-18(16)24(3)19-11-7-5-9-17(19)21/h4-14,20H,23H2,1-3H3/q+1. The summed E-state index contributed by atoms with van der Waals surface area (Å²) < 4.78 is 2.27. The maximum absolute atomic E-state index is 6.62. The number of allylic oxidation sites excluding steroid dienone is 2. The van der Waals surface area contributed by atoms with Crippen LogP contribution in [0.1, 0.15) is 19.4 Å². The summed E-state index contributed by atoms with van der Waals surface area (Å²) >= 11 is 0. The lowest BCUT2D eigenvalue weighted by atomic mass is 9.70. The third-order valence-corrected chi connectivity index (χ3v) is 5.44. The summed E-state index contributed by atoms with van der Waals surface area (Å²) in [6.45, 7) is 4.36. The van der Waals surface area contributed by atoms with Gasteiger partial charge in [-0.05, 0) is 24.6 Å². The van der Waals surface area contributed by atoms with E-state index in [0.717, 1.165) is 0 Å². The molecule has 2 N–H and O–H groups in total. The molecule has 0 amide bonds. The molecule has 2 heteroatoms. The Morgan fingerprint density at radius 1 is 0.958 bits per heavy atom. The van der Waals surface area contributed by atoms with E-state index in [1.807, 2.05) is 0 Å². The monoisotopic (exact) mass is 315 g/mol. The first kappa shape index (κ1) is 15.1. The van der Waals surface area contributed by atoms with Gasteiger partial charge in [-0.15, -0.1) is 0 Å². The van der Waals surface area contributed by atoms with Gasteiger partial charge in [0.05, 0.1) is 10.8 Å². The van der Waals surface area contributed by atoms with E-state index in [9.17, 15) is 0 Å². The average molecular weight is 315 g/mol. The molecule has 1 aromatic heterocycles. The Hall–Kier alpha value is -2.45. The van der Waals surface area contributed by atoms with Crippen LogP contribution >= 0.6 is 0 Å². The number of aryl methyl sites for hydroxylation is 1. The normalized spacial score (nSPS) is 23.7. The minimum Gasteiger partial charge on any atom is -0.323 e. The molecule has 120 valence electrons. The molecule has 2 atom stereocenters. The minimum absolute atomic E-state index is 0.0398. The van der Waals surface area contributed by atoms with Crippen molar-refractivity contribution in [2.45, 2.75) is 25.3 Å². The van der Waals surface area contributed by atoms with Crippen LogP contribution in [0.3, 0.4) is 0 Å². The highest BCUT2D eigenvalue weighted by Gasteiger charge is 2.36. The van der Waals surface area contributed by atoms with Crippen LogP contribution in [0.5, 0.6) is 0 Å². The first-order valence-corrected chi connectivity index (χ1v) is 8.45. The molecule has 0 radical (unpaired) electrons. The van der Waals surface area contributed by atoms with Crippen molar-refractivity contribution >= 4 is 21.8 Å². The fourth-order valence-corrected chi connectivity index (χ4v) is 3.99. The smallest absolute Gasteiger partial charge is 0.213 e. The molecule has 1 heterocycles. The number of nitrogens with two attached hydrogens (primary N) is 1. The lowest BCUT2D eigenvalue weighted by Gasteiger charge is -2.35. The molecular formula is C22H23N2+. The molecule has 24 heavy (non-hydrogen) atoms. The number of hydrogen-bond acceptors (Lipinski definition) is 1. The maximum Gasteiger partial charge on any atom is 0.213 e. The molecule has 1 aliphatic rings. The van der Waals surface area contributed by atoms with Crippen molar-refractivity contribution in [2.75, 3.05) is 0 Å². The van der Waals surface area contributed by atoms with Crippen LogP contribution in [0, 0.1) is 0 Å². The Labute approximate surface area is 142 Å². The molecular weight excluding hydrogens is 292 g/mol. The minimum atomic E-state index is -0.229. The predicted molar refractivity (Wildman–Crippen MR) is 101 cm³/mol. The molecule has 0 saturated heterocycles. The van der Waals surface area contributed by atoms with Crippen molar-refractivity contribution in [2.24, 2.45) is 12.8 Å². The summed E-state index contributed by atoms with van der Waals surface area (Å²) in [6, 6.07) is 17.2. The SMILES string of the molecule is CC1=CC(N)C(C)(c2c3ccccc3[n+](C)c3ccccc23)C=C1. The molecule has 3 aromatic rings. The molecule has 0 aliphatic heterocycles. The Bertz CT molecular complexity index is 956. The number of aromatic nitrogens is 1. The van der Waals surface area contributed by atoms with Gasteiger partial charge in [0, 0.05) is 23.6 Å². The molecule has 1 aliphatic carbocycles. The van der Waals surface area contributed by atoms with Gasteiger partial charge in [-0.2, -0.15) is 4.57 Å². The van der Waals surface area contributed by atoms with Gasteiger partial charge in [0.25, 0.3) is 0 Å². The summed E-state index contributed by atoms with van der Waals surface area (Å²) in [5, 5.41) is 2.54. The average Bonchev–Trinajstić information content (AvgIpc) is 2.59. The zero-order valence-corrected chi connectivity index (χ0v) is 14.5. The van der Waals surface area contributed by atoms with Crippen LogP contribution in [-0.2, 0) is 12.5 Å². The van der Waals surface area contributed by atoms with Gasteiger partial charge < -0.3 is 5.73 Å². The van der Waals surface area contributed by atoms with Crippen molar-refractivity contribution in [3.63, 3.8) is 0 Å². The molecule has 2 nitrogen and oxygen atoms in total. The Morgan fingerprint density at radius 2 is 1.50 bits per heavy atom. The molecule has 0 fully saturated rings. The summed E-state index contributed by atoms with van der Waals surface area (Å²) in [6.07, 6.45) is 6.65. The molecule has 0 saturated carbocycles. The van der Waals surface area contributed by atoms with Crippen LogP contribution in [0.15, 0.2) is 72.3 Å². The van der Waals surface area contributed by atoms with Gasteiger partial charge in [-0.25, -0.2) is 0 Å². The van der Waals surface area contributed by atoms with E-state index in [0.29, 0.717) is 0 Å². The number of fused-ring (bicyclic) bond motifs is 2. The highest BCUT2D eigenvalue weighted by Crippen LogP contribution is 2.40. The van der Waals surface area contributed by atoms with Crippen LogP contribution in [0.4, 0.5) is 0 Å². The van der Waals surface area contributed by atoms with E-state index in [2.05, 4.69) is 92.2 Å². The first-order chi connectivity index (χ1) is 11.5. The summed E-state index contributed by atoms with van der Waals surface area (Å²) in [5.74, 6) is 0. The van der Waals surface area contributed by atoms with Crippen LogP contribution in [0.25, 0.3) is 21.8 Å². The topological polar surface area (TPSA) is 29.9 Å². The summed E-state index contributed by atoms with van der Waals surface area (Å²) in [7, 11) is 2.14. The van der Waals surface area contributed by atoms with E-state index < -0.39 is 0 Å². The highest BCUT2D eigenvalue weighted by atomic mass is 14.9. The number of benzene rings is 2. The van der Waals surface area contributed by atoms with Gasteiger partial charge in [0.2, 0.25) is 11.0 Å². The van der Waals surface area contributed by atoms with Crippen LogP contribution in [0.2, 0.25) is 0 Å². The first-order valence-electron chi connectivity index (χ1n) is 8.45. The largest absolute Gasteiger partial charge is 0.323 e. The van der Waals surface area contributed by atoms with E-state index in [1.54, 1.807) is 0 Å². The Kier molecular flexibility index (Phi) is 3.33. The fraction of sp³-hybridized carbons (Fsp3) is 0.227. The van der Waals surface area contributed by atoms with Crippen molar-refractivity contribution in [1.82, 2.24) is 0 Å². The third kappa shape index (κ3) is 2.03. The third-order valence-electron chi connectivity index (χ3n) is 5.44. The van der Waals surface area contributed by atoms with E-state index in [-0.39, 0.29) is 11.5 Å². The van der Waals surface area contributed by atoms with Crippen molar-refractivity contribution in [3.8, 4) is 0 Å². The van der Waals surface area contributed by atoms with Crippen molar-refractivity contribution in [3.05, 3.63) is 77.9 Å². The summed E-state index contributed by atoms with van der Waals surface area (Å²) in [5.41, 5.74) is 11.4. The lowest BCUT2D eigenvalue weighted by Crippen LogP contribution is -2.43. The van der Waals surface area contributed by atoms with Crippen LogP contribution < -0.4 is 10.3 Å². The summed E-state index contributed by atoms with van der Waals surface area (Å²) in [4.78, 5) is 0. The number of hydrogen-bond donors (Lipinski definition) is 1. The molecule has 4 rings (SSSR count). The van der Waals surface area contributed by atoms with Crippen molar-refractivity contribution < 1.29 is 4.57 Å². The zero-order valence-electron chi connectivity index (χ0n) is 14.5.